The van der Waals surface area contributed by atoms with Crippen LogP contribution in [0.15, 0.2) is 60.8 Å². The zero-order valence-electron chi connectivity index (χ0n) is 32.6. The standard InChI is InChI=1S/C42H73O9P/c1-3-5-7-9-11-12-13-14-15-16-17-18-19-23-27-31-35-41(44)49-37-40(38-50-52(46,47)48)51-42(45)36-32-28-24-21-20-22-26-30-34-39(43)33-29-25-10-8-6-4-2/h6,8,21-22,24-26,29-30,34,39-40,43H,3-5,7,9-20,23,27-28,31-33,35-38H2,1-2H3,(H2,46,47,48)/b8-6-,24-21-,26-22-,29-25-,34-30+/t39?,40-/m1/s1. The van der Waals surface area contributed by atoms with Gasteiger partial charge in [-0.1, -0.05) is 171 Å². The van der Waals surface area contributed by atoms with Crippen LogP contribution < -0.4 is 0 Å². The van der Waals surface area contributed by atoms with E-state index in [0.29, 0.717) is 32.1 Å². The molecule has 0 aromatic heterocycles. The molecule has 3 N–H and O–H groups in total. The van der Waals surface area contributed by atoms with E-state index in [4.69, 9.17) is 19.3 Å². The second kappa shape index (κ2) is 37.0. The molecule has 0 aliphatic rings. The first-order valence-corrected chi connectivity index (χ1v) is 21.7. The number of carbonyl (C=O) groups is 2. The quantitative estimate of drug-likeness (QED) is 0.0187. The minimum Gasteiger partial charge on any atom is -0.462 e. The largest absolute Gasteiger partial charge is 0.469 e. The summed E-state index contributed by atoms with van der Waals surface area (Å²) in [7, 11) is -4.78. The summed E-state index contributed by atoms with van der Waals surface area (Å²) in [5.41, 5.74) is 0. The predicted octanol–water partition coefficient (Wildman–Crippen LogP) is 11.1. The van der Waals surface area contributed by atoms with E-state index in [0.717, 1.165) is 32.1 Å². The van der Waals surface area contributed by atoms with Gasteiger partial charge in [-0.25, -0.2) is 4.57 Å². The number of carbonyl (C=O) groups excluding carboxylic acids is 2. The molecule has 9 nitrogen and oxygen atoms in total. The molecule has 0 fully saturated rings. The van der Waals surface area contributed by atoms with Crippen molar-refractivity contribution in [1.82, 2.24) is 0 Å². The first-order chi connectivity index (χ1) is 25.2. The van der Waals surface area contributed by atoms with Gasteiger partial charge in [0.2, 0.25) is 0 Å². The Labute approximate surface area is 316 Å². The molecule has 0 spiro atoms. The number of rotatable bonds is 36. The average molecular weight is 753 g/mol. The number of allylic oxidation sites excluding steroid dienone is 8. The van der Waals surface area contributed by atoms with Gasteiger partial charge in [0.1, 0.15) is 6.61 Å². The fourth-order valence-corrected chi connectivity index (χ4v) is 5.74. The summed E-state index contributed by atoms with van der Waals surface area (Å²) >= 11 is 0. The Morgan fingerprint density at radius 3 is 1.75 bits per heavy atom. The first-order valence-electron chi connectivity index (χ1n) is 20.2. The Balaban J connectivity index is 4.10. The normalized spacial score (nSPS) is 13.7. The van der Waals surface area contributed by atoms with Gasteiger partial charge in [-0.15, -0.1) is 0 Å². The summed E-state index contributed by atoms with van der Waals surface area (Å²) in [6.07, 6.45) is 42.6. The molecule has 0 saturated carbocycles. The SMILES string of the molecule is CC/C=C\C/C=C\CC(O)/C=C/C=C\C/C=C\CCCC(=O)O[C@H](COC(=O)CCCCCCCCCCCCCCCCCC)COP(=O)(O)O. The molecule has 0 aliphatic carbocycles. The summed E-state index contributed by atoms with van der Waals surface area (Å²) in [6, 6.07) is 0. The molecule has 0 amide bonds. The zero-order chi connectivity index (χ0) is 38.4. The smallest absolute Gasteiger partial charge is 0.462 e. The Hall–Kier alpha value is -2.29. The van der Waals surface area contributed by atoms with Gasteiger partial charge in [0.25, 0.3) is 0 Å². The maximum Gasteiger partial charge on any atom is 0.469 e. The van der Waals surface area contributed by atoms with Crippen molar-refractivity contribution in [3.05, 3.63) is 60.8 Å². The average Bonchev–Trinajstić information content (AvgIpc) is 3.11. The number of ether oxygens (including phenoxy) is 2. The molecule has 0 aromatic rings. The highest BCUT2D eigenvalue weighted by Crippen LogP contribution is 2.36. The lowest BCUT2D eigenvalue weighted by atomic mass is 10.0. The van der Waals surface area contributed by atoms with Gasteiger partial charge < -0.3 is 24.4 Å². The first kappa shape index (κ1) is 49.7. The van der Waals surface area contributed by atoms with Crippen molar-refractivity contribution < 1.29 is 43.0 Å². The molecule has 0 aliphatic heterocycles. The number of hydrogen-bond acceptors (Lipinski definition) is 7. The van der Waals surface area contributed by atoms with Crippen LogP contribution in [-0.2, 0) is 28.2 Å². The van der Waals surface area contributed by atoms with Crippen LogP contribution in [0.25, 0.3) is 0 Å². The van der Waals surface area contributed by atoms with Crippen LogP contribution in [0.5, 0.6) is 0 Å². The molecule has 0 aromatic carbocycles. The summed E-state index contributed by atoms with van der Waals surface area (Å²) in [5, 5.41) is 9.97. The molecular formula is C42H73O9P. The molecule has 52 heavy (non-hydrogen) atoms. The van der Waals surface area contributed by atoms with Crippen LogP contribution in [0, 0.1) is 0 Å². The summed E-state index contributed by atoms with van der Waals surface area (Å²) in [6.45, 7) is 3.45. The third kappa shape index (κ3) is 38.9. The Bertz CT molecular complexity index is 1040. The highest BCUT2D eigenvalue weighted by Gasteiger charge is 2.22. The van der Waals surface area contributed by atoms with E-state index in [1.807, 2.05) is 42.5 Å². The van der Waals surface area contributed by atoms with Crippen molar-refractivity contribution in [3.63, 3.8) is 0 Å². The molecule has 300 valence electrons. The fraction of sp³-hybridized carbons (Fsp3) is 0.714. The van der Waals surface area contributed by atoms with Gasteiger partial charge in [-0.2, -0.15) is 0 Å². The maximum absolute atomic E-state index is 12.4. The van der Waals surface area contributed by atoms with Crippen molar-refractivity contribution >= 4 is 19.8 Å². The lowest BCUT2D eigenvalue weighted by Crippen LogP contribution is -2.29. The highest BCUT2D eigenvalue weighted by atomic mass is 31.2. The second-order valence-electron chi connectivity index (χ2n) is 13.4. The molecule has 0 bridgehead atoms. The lowest BCUT2D eigenvalue weighted by Gasteiger charge is -2.18. The van der Waals surface area contributed by atoms with Crippen molar-refractivity contribution in [3.8, 4) is 0 Å². The van der Waals surface area contributed by atoms with Crippen LogP contribution in [0.2, 0.25) is 0 Å². The zero-order valence-corrected chi connectivity index (χ0v) is 33.4. The van der Waals surface area contributed by atoms with Gasteiger partial charge >= 0.3 is 19.8 Å². The molecular weight excluding hydrogens is 679 g/mol. The van der Waals surface area contributed by atoms with Crippen LogP contribution in [0.4, 0.5) is 0 Å². The van der Waals surface area contributed by atoms with E-state index in [1.165, 1.54) is 77.0 Å². The summed E-state index contributed by atoms with van der Waals surface area (Å²) < 4.78 is 26.3. The summed E-state index contributed by atoms with van der Waals surface area (Å²) in [5.74, 6) is -0.992. The number of phosphoric acid groups is 1. The molecule has 10 heteroatoms. The Kier molecular flexibility index (Phi) is 35.4. The highest BCUT2D eigenvalue weighted by molar-refractivity contribution is 7.46. The van der Waals surface area contributed by atoms with E-state index in [1.54, 1.807) is 6.08 Å². The molecule has 0 saturated heterocycles. The van der Waals surface area contributed by atoms with E-state index >= 15 is 0 Å². The second-order valence-corrected chi connectivity index (χ2v) is 14.7. The van der Waals surface area contributed by atoms with Gasteiger partial charge in [0.15, 0.2) is 6.10 Å². The van der Waals surface area contributed by atoms with Crippen LogP contribution in [-0.4, -0.2) is 52.3 Å². The topological polar surface area (TPSA) is 140 Å². The van der Waals surface area contributed by atoms with E-state index in [9.17, 15) is 19.3 Å². The molecule has 0 radical (unpaired) electrons. The van der Waals surface area contributed by atoms with Gasteiger partial charge in [0.05, 0.1) is 12.7 Å². The van der Waals surface area contributed by atoms with Crippen LogP contribution >= 0.6 is 7.82 Å². The predicted molar refractivity (Wildman–Crippen MR) is 213 cm³/mol. The Morgan fingerprint density at radius 2 is 1.15 bits per heavy atom. The minimum atomic E-state index is -4.78. The van der Waals surface area contributed by atoms with Gasteiger partial charge in [-0.05, 0) is 44.9 Å². The number of phosphoric ester groups is 1. The number of aliphatic hydroxyl groups excluding tert-OH is 1. The summed E-state index contributed by atoms with van der Waals surface area (Å²) in [4.78, 5) is 42.8. The third-order valence-corrected chi connectivity index (χ3v) is 8.87. The third-order valence-electron chi connectivity index (χ3n) is 8.38. The molecule has 2 atom stereocenters. The van der Waals surface area contributed by atoms with Crippen LogP contribution in [0.1, 0.15) is 168 Å². The number of aliphatic hydroxyl groups is 1. The van der Waals surface area contributed by atoms with Gasteiger partial charge in [0, 0.05) is 12.8 Å². The molecule has 0 heterocycles. The number of hydrogen-bond donors (Lipinski definition) is 3. The van der Waals surface area contributed by atoms with Crippen molar-refractivity contribution in [2.24, 2.45) is 0 Å². The number of esters is 2. The van der Waals surface area contributed by atoms with Gasteiger partial charge in [-0.3, -0.25) is 14.1 Å². The minimum absolute atomic E-state index is 0.101. The maximum atomic E-state index is 12.4. The van der Waals surface area contributed by atoms with Crippen molar-refractivity contribution in [2.75, 3.05) is 13.2 Å². The lowest BCUT2D eigenvalue weighted by molar-refractivity contribution is -0.161. The van der Waals surface area contributed by atoms with E-state index in [2.05, 4.69) is 30.5 Å². The molecule has 1 unspecified atom stereocenters. The fourth-order valence-electron chi connectivity index (χ4n) is 5.38. The molecule has 0 rings (SSSR count). The monoisotopic (exact) mass is 752 g/mol. The van der Waals surface area contributed by atoms with Crippen molar-refractivity contribution in [2.45, 2.75) is 180 Å². The number of unbranched alkanes of at least 4 members (excludes halogenated alkanes) is 16. The van der Waals surface area contributed by atoms with E-state index < -0.39 is 38.6 Å². The van der Waals surface area contributed by atoms with Crippen LogP contribution in [0.3, 0.4) is 0 Å². The van der Waals surface area contributed by atoms with E-state index in [-0.39, 0.29) is 19.4 Å². The Morgan fingerprint density at radius 1 is 0.615 bits per heavy atom. The van der Waals surface area contributed by atoms with Crippen molar-refractivity contribution in [1.29, 1.82) is 0 Å².